The molecule has 1 fully saturated rings. The lowest BCUT2D eigenvalue weighted by molar-refractivity contribution is 0.0915. The van der Waals surface area contributed by atoms with Crippen LogP contribution in [0.2, 0.25) is 0 Å². The van der Waals surface area contributed by atoms with Crippen LogP contribution in [0.3, 0.4) is 0 Å². The summed E-state index contributed by atoms with van der Waals surface area (Å²) in [6.07, 6.45) is 2.45. The van der Waals surface area contributed by atoms with Crippen LogP contribution < -0.4 is 10.6 Å². The van der Waals surface area contributed by atoms with E-state index in [9.17, 15) is 9.18 Å². The Kier molecular flexibility index (Phi) is 8.79. The molecule has 0 radical (unpaired) electrons. The first-order chi connectivity index (χ1) is 11.1. The number of thiazole rings is 1. The molecule has 0 spiro atoms. The molecular formula is C17H22Cl2FN3OS. The molecule has 1 amide bonds. The van der Waals surface area contributed by atoms with E-state index in [0.29, 0.717) is 17.7 Å². The fourth-order valence-electron chi connectivity index (χ4n) is 2.78. The van der Waals surface area contributed by atoms with Crippen LogP contribution in [0.15, 0.2) is 29.6 Å². The van der Waals surface area contributed by atoms with Gasteiger partial charge in [0.05, 0.1) is 5.01 Å². The number of halogens is 3. The summed E-state index contributed by atoms with van der Waals surface area (Å²) in [7, 11) is 0. The third kappa shape index (κ3) is 5.64. The van der Waals surface area contributed by atoms with Crippen molar-refractivity contribution in [3.05, 3.63) is 51.7 Å². The molecule has 1 saturated heterocycles. The molecule has 2 aromatic rings. The first-order valence-corrected chi connectivity index (χ1v) is 8.73. The van der Waals surface area contributed by atoms with Gasteiger partial charge in [0.15, 0.2) is 0 Å². The zero-order chi connectivity index (χ0) is 16.2. The van der Waals surface area contributed by atoms with Crippen molar-refractivity contribution in [2.24, 2.45) is 0 Å². The molecule has 1 aromatic heterocycles. The number of hydrogen-bond donors (Lipinski definition) is 2. The molecule has 1 aromatic carbocycles. The Labute approximate surface area is 163 Å². The number of rotatable bonds is 4. The lowest BCUT2D eigenvalue weighted by Crippen LogP contribution is -2.51. The van der Waals surface area contributed by atoms with E-state index < -0.39 is 0 Å². The molecule has 0 aliphatic carbocycles. The number of carbonyl (C=O) groups excluding carboxylic acids is 1. The van der Waals surface area contributed by atoms with Crippen LogP contribution in [0.25, 0.3) is 0 Å². The van der Waals surface area contributed by atoms with Gasteiger partial charge in [-0.3, -0.25) is 4.79 Å². The highest BCUT2D eigenvalue weighted by molar-refractivity contribution is 7.09. The van der Waals surface area contributed by atoms with E-state index >= 15 is 0 Å². The van der Waals surface area contributed by atoms with Crippen LogP contribution >= 0.6 is 36.2 Å². The minimum absolute atomic E-state index is 0. The maximum atomic E-state index is 13.7. The van der Waals surface area contributed by atoms with E-state index in [1.165, 1.54) is 17.4 Å². The van der Waals surface area contributed by atoms with E-state index in [1.54, 1.807) is 23.6 Å². The highest BCUT2D eigenvalue weighted by Gasteiger charge is 2.23. The van der Waals surface area contributed by atoms with Crippen LogP contribution in [0.1, 0.15) is 40.8 Å². The van der Waals surface area contributed by atoms with E-state index in [1.807, 2.05) is 0 Å². The average molecular weight is 406 g/mol. The zero-order valence-electron chi connectivity index (χ0n) is 13.8. The quantitative estimate of drug-likeness (QED) is 0.816. The molecule has 2 heterocycles. The minimum atomic E-state index is -0.240. The van der Waals surface area contributed by atoms with Crippen LogP contribution in [0.4, 0.5) is 4.39 Å². The Morgan fingerprint density at radius 1 is 1.40 bits per heavy atom. The second-order valence-corrected chi connectivity index (χ2v) is 6.80. The normalized spacial score (nSPS) is 19.4. The van der Waals surface area contributed by atoms with Crippen molar-refractivity contribution in [3.63, 3.8) is 0 Å². The van der Waals surface area contributed by atoms with Gasteiger partial charge in [0, 0.05) is 23.9 Å². The Bertz CT molecular complexity index is 698. The molecule has 0 saturated carbocycles. The third-order valence-corrected chi connectivity index (χ3v) is 5.01. The van der Waals surface area contributed by atoms with Crippen LogP contribution in [-0.4, -0.2) is 29.5 Å². The van der Waals surface area contributed by atoms with Crippen molar-refractivity contribution < 1.29 is 9.18 Å². The van der Waals surface area contributed by atoms with Crippen LogP contribution in [0.5, 0.6) is 0 Å². The van der Waals surface area contributed by atoms with Gasteiger partial charge in [-0.2, -0.15) is 0 Å². The molecule has 2 atom stereocenters. The summed E-state index contributed by atoms with van der Waals surface area (Å²) in [5.74, 6) is -0.391. The summed E-state index contributed by atoms with van der Waals surface area (Å²) >= 11 is 1.39. The number of nitrogens with one attached hydrogen (secondary N) is 2. The van der Waals surface area contributed by atoms with Gasteiger partial charge in [0.2, 0.25) is 0 Å². The summed E-state index contributed by atoms with van der Waals surface area (Å²) in [6, 6.07) is 7.05. The third-order valence-electron chi connectivity index (χ3n) is 4.16. The molecule has 0 bridgehead atoms. The maximum absolute atomic E-state index is 13.7. The van der Waals surface area contributed by atoms with E-state index in [2.05, 4.69) is 22.5 Å². The van der Waals surface area contributed by atoms with Gasteiger partial charge in [-0.05, 0) is 37.9 Å². The second-order valence-electron chi connectivity index (χ2n) is 5.86. The molecular weight excluding hydrogens is 384 g/mol. The summed E-state index contributed by atoms with van der Waals surface area (Å²) in [5, 5.41) is 8.89. The maximum Gasteiger partial charge on any atom is 0.271 e. The Morgan fingerprint density at radius 2 is 2.16 bits per heavy atom. The summed E-state index contributed by atoms with van der Waals surface area (Å²) in [6.45, 7) is 3.08. The summed E-state index contributed by atoms with van der Waals surface area (Å²) in [5.41, 5.74) is 1.01. The van der Waals surface area contributed by atoms with Gasteiger partial charge in [0.1, 0.15) is 11.5 Å². The molecule has 2 N–H and O–H groups in total. The monoisotopic (exact) mass is 405 g/mol. The first kappa shape index (κ1) is 21.8. The van der Waals surface area contributed by atoms with E-state index in [4.69, 9.17) is 0 Å². The molecule has 4 nitrogen and oxygen atoms in total. The molecule has 1 aliphatic rings. The van der Waals surface area contributed by atoms with E-state index in [0.717, 1.165) is 24.4 Å². The van der Waals surface area contributed by atoms with Gasteiger partial charge in [-0.1, -0.05) is 18.2 Å². The molecule has 8 heteroatoms. The van der Waals surface area contributed by atoms with Crippen LogP contribution in [-0.2, 0) is 6.42 Å². The molecule has 1 aliphatic heterocycles. The second kappa shape index (κ2) is 10.1. The smallest absolute Gasteiger partial charge is 0.271 e. The summed E-state index contributed by atoms with van der Waals surface area (Å²) < 4.78 is 13.7. The SMILES string of the molecule is CC1NCCCC1NC(=O)c1csc(Cc2ccccc2F)n1.Cl.Cl. The Morgan fingerprint density at radius 3 is 2.88 bits per heavy atom. The number of aromatic nitrogens is 1. The van der Waals surface area contributed by atoms with E-state index in [-0.39, 0.29) is 48.6 Å². The first-order valence-electron chi connectivity index (χ1n) is 7.85. The van der Waals surface area contributed by atoms with Crippen molar-refractivity contribution >= 4 is 42.1 Å². The number of hydrogen-bond acceptors (Lipinski definition) is 4. The van der Waals surface area contributed by atoms with Gasteiger partial charge < -0.3 is 10.6 Å². The van der Waals surface area contributed by atoms with Crippen LogP contribution in [0, 0.1) is 5.82 Å². The molecule has 2 unspecified atom stereocenters. The highest BCUT2D eigenvalue weighted by Crippen LogP contribution is 2.17. The molecule has 138 valence electrons. The standard InChI is InChI=1S/C17H20FN3OS.2ClH/c1-11-14(7-4-8-19-11)21-17(22)15-10-23-16(20-15)9-12-5-2-3-6-13(12)18;;/h2-3,5-6,10-11,14,19H,4,7-9H2,1H3,(H,21,22);2*1H. The number of amides is 1. The number of benzene rings is 1. The fraction of sp³-hybridized carbons (Fsp3) is 0.412. The van der Waals surface area contributed by atoms with Crippen molar-refractivity contribution in [2.75, 3.05) is 6.54 Å². The largest absolute Gasteiger partial charge is 0.346 e. The number of carbonyl (C=O) groups is 1. The lowest BCUT2D eigenvalue weighted by atomic mass is 10.00. The molecule has 25 heavy (non-hydrogen) atoms. The predicted molar refractivity (Wildman–Crippen MR) is 104 cm³/mol. The van der Waals surface area contributed by atoms with Gasteiger partial charge >= 0.3 is 0 Å². The highest BCUT2D eigenvalue weighted by atomic mass is 35.5. The van der Waals surface area contributed by atoms with Gasteiger partial charge in [-0.25, -0.2) is 9.37 Å². The van der Waals surface area contributed by atoms with Gasteiger partial charge in [-0.15, -0.1) is 36.2 Å². The summed E-state index contributed by atoms with van der Waals surface area (Å²) in [4.78, 5) is 16.7. The van der Waals surface area contributed by atoms with Crippen molar-refractivity contribution in [1.29, 1.82) is 0 Å². The predicted octanol–water partition coefficient (Wildman–Crippen LogP) is 3.59. The van der Waals surface area contributed by atoms with Crippen molar-refractivity contribution in [2.45, 2.75) is 38.3 Å². The number of nitrogens with zero attached hydrogens (tertiary/aromatic N) is 1. The fourth-order valence-corrected chi connectivity index (χ4v) is 3.58. The van der Waals surface area contributed by atoms with Crippen molar-refractivity contribution in [1.82, 2.24) is 15.6 Å². The van der Waals surface area contributed by atoms with Gasteiger partial charge in [0.25, 0.3) is 5.91 Å². The Hall–Kier alpha value is -1.21. The Balaban J connectivity index is 0.00000156. The number of piperidine rings is 1. The average Bonchev–Trinajstić information content (AvgIpc) is 3.01. The van der Waals surface area contributed by atoms with Crippen molar-refractivity contribution in [3.8, 4) is 0 Å². The zero-order valence-corrected chi connectivity index (χ0v) is 16.3. The molecule has 3 rings (SSSR count). The minimum Gasteiger partial charge on any atom is -0.346 e. The lowest BCUT2D eigenvalue weighted by Gasteiger charge is -2.30. The topological polar surface area (TPSA) is 54.0 Å².